The summed E-state index contributed by atoms with van der Waals surface area (Å²) in [5.74, 6) is -0.838. The number of carboxylic acids is 1. The number of ether oxygens (including phenoxy) is 1. The monoisotopic (exact) mass is 336 g/mol. The molecule has 0 saturated heterocycles. The second-order valence-corrected chi connectivity index (χ2v) is 5.96. The van der Waals surface area contributed by atoms with Crippen LogP contribution in [0.3, 0.4) is 0 Å². The number of carbonyl (C=O) groups is 1. The number of aromatic amines is 1. The lowest BCUT2D eigenvalue weighted by atomic mass is 9.84. The third-order valence-electron chi connectivity index (χ3n) is 4.58. The lowest BCUT2D eigenvalue weighted by Gasteiger charge is -2.23. The van der Waals surface area contributed by atoms with E-state index in [1.165, 1.54) is 12.7 Å². The van der Waals surface area contributed by atoms with Gasteiger partial charge in [-0.25, -0.2) is 9.78 Å². The predicted octanol–water partition coefficient (Wildman–Crippen LogP) is 3.91. The Kier molecular flexibility index (Phi) is 4.57. The van der Waals surface area contributed by atoms with Gasteiger partial charge < -0.3 is 14.8 Å². The van der Waals surface area contributed by atoms with E-state index in [0.29, 0.717) is 5.75 Å². The number of hydrogen-bond acceptors (Lipinski definition) is 3. The van der Waals surface area contributed by atoms with Crippen LogP contribution in [0.25, 0.3) is 0 Å². The number of aromatic nitrogens is 2. The third-order valence-corrected chi connectivity index (χ3v) is 4.58. The molecule has 0 fully saturated rings. The molecule has 0 aliphatic carbocycles. The molecular weight excluding hydrogens is 316 g/mol. The number of hydrogen-bond donors (Lipinski definition) is 2. The van der Waals surface area contributed by atoms with Crippen LogP contribution in [0.15, 0.2) is 48.9 Å². The van der Waals surface area contributed by atoms with Gasteiger partial charge in [0.2, 0.25) is 0 Å². The number of aryl methyl sites for hydroxylation is 1. The lowest BCUT2D eigenvalue weighted by Crippen LogP contribution is -2.11. The number of imidazole rings is 1. The normalized spacial score (nSPS) is 12.0. The topological polar surface area (TPSA) is 75.2 Å². The Hall–Kier alpha value is -3.08. The molecule has 1 unspecified atom stereocenters. The first kappa shape index (κ1) is 16.8. The Morgan fingerprint density at radius 2 is 1.88 bits per heavy atom. The number of methoxy groups -OCH3 is 1. The first-order valence-corrected chi connectivity index (χ1v) is 7.99. The molecule has 0 saturated carbocycles. The minimum Gasteiger partial charge on any atom is -0.496 e. The molecule has 0 radical (unpaired) electrons. The van der Waals surface area contributed by atoms with Crippen molar-refractivity contribution < 1.29 is 14.6 Å². The summed E-state index contributed by atoms with van der Waals surface area (Å²) in [7, 11) is 1.50. The van der Waals surface area contributed by atoms with Crippen LogP contribution in [0.1, 0.15) is 44.2 Å². The zero-order valence-electron chi connectivity index (χ0n) is 14.4. The van der Waals surface area contributed by atoms with Crippen molar-refractivity contribution in [1.29, 1.82) is 0 Å². The van der Waals surface area contributed by atoms with Gasteiger partial charge in [0.1, 0.15) is 11.3 Å². The Labute approximate surface area is 146 Å². The van der Waals surface area contributed by atoms with Crippen molar-refractivity contribution in [2.45, 2.75) is 19.8 Å². The molecule has 0 aliphatic rings. The second-order valence-electron chi connectivity index (χ2n) is 5.96. The fourth-order valence-electron chi connectivity index (χ4n) is 3.19. The van der Waals surface area contributed by atoms with Crippen LogP contribution >= 0.6 is 0 Å². The van der Waals surface area contributed by atoms with Crippen molar-refractivity contribution in [3.63, 3.8) is 0 Å². The fraction of sp³-hybridized carbons (Fsp3) is 0.200. The molecule has 1 heterocycles. The summed E-state index contributed by atoms with van der Waals surface area (Å²) in [6.07, 6.45) is 3.39. The number of aromatic carboxylic acids is 1. The lowest BCUT2D eigenvalue weighted by molar-refractivity contribution is 0.0693. The molecule has 3 aromatic rings. The number of benzene rings is 2. The zero-order valence-corrected chi connectivity index (χ0v) is 14.4. The van der Waals surface area contributed by atoms with E-state index in [-0.39, 0.29) is 11.5 Å². The summed E-state index contributed by atoms with van der Waals surface area (Å²) in [6, 6.07) is 11.3. The number of H-pyrrole nitrogens is 1. The highest BCUT2D eigenvalue weighted by atomic mass is 16.5. The highest BCUT2D eigenvalue weighted by Gasteiger charge is 2.26. The predicted molar refractivity (Wildman–Crippen MR) is 95.4 cm³/mol. The van der Waals surface area contributed by atoms with Crippen molar-refractivity contribution in [2.24, 2.45) is 0 Å². The van der Waals surface area contributed by atoms with Gasteiger partial charge in [-0.2, -0.15) is 0 Å². The fourth-order valence-corrected chi connectivity index (χ4v) is 3.19. The zero-order chi connectivity index (χ0) is 18.0. The summed E-state index contributed by atoms with van der Waals surface area (Å²) >= 11 is 0. The SMILES string of the molecule is COc1c(C(=O)O)cccc1C(c1cnc[nH]1)c1cccc(C)c1C. The number of rotatable bonds is 5. The number of carboxylic acid groups (broad SMARTS) is 1. The number of nitrogens with zero attached hydrogens (tertiary/aromatic N) is 1. The van der Waals surface area contributed by atoms with Gasteiger partial charge >= 0.3 is 5.97 Å². The van der Waals surface area contributed by atoms with Crippen LogP contribution in [0.2, 0.25) is 0 Å². The van der Waals surface area contributed by atoms with E-state index < -0.39 is 5.97 Å². The van der Waals surface area contributed by atoms with Gasteiger partial charge in [-0.1, -0.05) is 30.3 Å². The van der Waals surface area contributed by atoms with Crippen molar-refractivity contribution in [1.82, 2.24) is 9.97 Å². The van der Waals surface area contributed by atoms with Gasteiger partial charge in [0, 0.05) is 17.5 Å². The third kappa shape index (κ3) is 3.01. The van der Waals surface area contributed by atoms with E-state index in [0.717, 1.165) is 22.4 Å². The molecule has 0 amide bonds. The number of nitrogens with one attached hydrogen (secondary N) is 1. The van der Waals surface area contributed by atoms with Crippen LogP contribution in [0.5, 0.6) is 5.75 Å². The van der Waals surface area contributed by atoms with Gasteiger partial charge in [0.05, 0.1) is 19.4 Å². The Balaban J connectivity index is 2.29. The molecule has 3 rings (SSSR count). The standard InChI is InChI=1S/C20H20N2O3/c1-12-6-4-7-14(13(12)2)18(17-10-21-11-22-17)15-8-5-9-16(20(23)24)19(15)25-3/h4-11,18H,1-3H3,(H,21,22)(H,23,24). The quantitative estimate of drug-likeness (QED) is 0.740. The van der Waals surface area contributed by atoms with Crippen LogP contribution in [0.4, 0.5) is 0 Å². The minimum absolute atomic E-state index is 0.148. The summed E-state index contributed by atoms with van der Waals surface area (Å²) in [4.78, 5) is 18.9. The van der Waals surface area contributed by atoms with E-state index in [4.69, 9.17) is 4.74 Å². The van der Waals surface area contributed by atoms with Crippen molar-refractivity contribution in [3.8, 4) is 5.75 Å². The van der Waals surface area contributed by atoms with E-state index in [2.05, 4.69) is 35.9 Å². The maximum Gasteiger partial charge on any atom is 0.339 e. The summed E-state index contributed by atoms with van der Waals surface area (Å²) < 4.78 is 5.49. The molecular formula is C20H20N2O3. The van der Waals surface area contributed by atoms with Gasteiger partial charge in [0.25, 0.3) is 0 Å². The van der Waals surface area contributed by atoms with E-state index >= 15 is 0 Å². The molecule has 2 aromatic carbocycles. The van der Waals surface area contributed by atoms with Gasteiger partial charge in [-0.3, -0.25) is 0 Å². The van der Waals surface area contributed by atoms with E-state index in [1.807, 2.05) is 12.1 Å². The number of para-hydroxylation sites is 1. The highest BCUT2D eigenvalue weighted by molar-refractivity contribution is 5.91. The van der Waals surface area contributed by atoms with Crippen molar-refractivity contribution in [3.05, 3.63) is 82.4 Å². The minimum atomic E-state index is -1.01. The summed E-state index contributed by atoms with van der Waals surface area (Å²) in [5, 5.41) is 9.50. The van der Waals surface area contributed by atoms with Crippen LogP contribution in [0, 0.1) is 13.8 Å². The average Bonchev–Trinajstić information content (AvgIpc) is 3.12. The maximum atomic E-state index is 11.6. The molecule has 1 atom stereocenters. The first-order chi connectivity index (χ1) is 12.0. The van der Waals surface area contributed by atoms with Crippen LogP contribution in [-0.4, -0.2) is 28.2 Å². The van der Waals surface area contributed by atoms with Gasteiger partial charge in [-0.15, -0.1) is 0 Å². The molecule has 128 valence electrons. The summed E-state index contributed by atoms with van der Waals surface area (Å²) in [6.45, 7) is 4.13. The van der Waals surface area contributed by atoms with Crippen molar-refractivity contribution >= 4 is 5.97 Å². The molecule has 2 N–H and O–H groups in total. The first-order valence-electron chi connectivity index (χ1n) is 7.99. The molecule has 0 bridgehead atoms. The molecule has 0 spiro atoms. The molecule has 0 aliphatic heterocycles. The molecule has 1 aromatic heterocycles. The van der Waals surface area contributed by atoms with Crippen LogP contribution < -0.4 is 4.74 Å². The van der Waals surface area contributed by atoms with E-state index in [1.54, 1.807) is 24.7 Å². The largest absolute Gasteiger partial charge is 0.496 e. The highest BCUT2D eigenvalue weighted by Crippen LogP contribution is 2.39. The summed E-state index contributed by atoms with van der Waals surface area (Å²) in [5.41, 5.74) is 5.25. The Bertz CT molecular complexity index is 901. The maximum absolute atomic E-state index is 11.6. The second kappa shape index (κ2) is 6.81. The van der Waals surface area contributed by atoms with Crippen molar-refractivity contribution in [2.75, 3.05) is 7.11 Å². The van der Waals surface area contributed by atoms with E-state index in [9.17, 15) is 9.90 Å². The molecule has 5 heteroatoms. The molecule has 25 heavy (non-hydrogen) atoms. The Morgan fingerprint density at radius 1 is 1.16 bits per heavy atom. The van der Waals surface area contributed by atoms with Crippen LogP contribution in [-0.2, 0) is 0 Å². The Morgan fingerprint density at radius 3 is 2.52 bits per heavy atom. The van der Waals surface area contributed by atoms with Gasteiger partial charge in [0.15, 0.2) is 0 Å². The average molecular weight is 336 g/mol. The molecule has 5 nitrogen and oxygen atoms in total. The van der Waals surface area contributed by atoms with Gasteiger partial charge in [-0.05, 0) is 36.6 Å². The smallest absolute Gasteiger partial charge is 0.339 e.